The molecular formula is C17H17BrFN. The Balaban J connectivity index is 2.02. The highest BCUT2D eigenvalue weighted by Crippen LogP contribution is 2.40. The van der Waals surface area contributed by atoms with Crippen LogP contribution in [0.4, 0.5) is 4.39 Å². The molecule has 2 aromatic carbocycles. The molecule has 1 unspecified atom stereocenters. The Morgan fingerprint density at radius 3 is 2.45 bits per heavy atom. The summed E-state index contributed by atoms with van der Waals surface area (Å²) < 4.78 is 14.2. The molecule has 0 amide bonds. The molecule has 3 heteroatoms. The fourth-order valence-corrected chi connectivity index (χ4v) is 3.32. The molecule has 2 N–H and O–H groups in total. The van der Waals surface area contributed by atoms with Crippen LogP contribution in [0.15, 0.2) is 46.9 Å². The summed E-state index contributed by atoms with van der Waals surface area (Å²) in [4.78, 5) is 0. The summed E-state index contributed by atoms with van der Waals surface area (Å²) >= 11 is 3.32. The Morgan fingerprint density at radius 2 is 1.75 bits per heavy atom. The SMILES string of the molecule is NC(c1ccccc1C1CCC1)c1cccc(F)c1Br. The Morgan fingerprint density at radius 1 is 1.05 bits per heavy atom. The lowest BCUT2D eigenvalue weighted by Crippen LogP contribution is -2.18. The molecule has 0 saturated heterocycles. The van der Waals surface area contributed by atoms with Crippen LogP contribution >= 0.6 is 15.9 Å². The minimum atomic E-state index is -0.295. The van der Waals surface area contributed by atoms with Gasteiger partial charge in [0.1, 0.15) is 5.82 Å². The van der Waals surface area contributed by atoms with Crippen LogP contribution in [0.3, 0.4) is 0 Å². The van der Waals surface area contributed by atoms with Gasteiger partial charge in [0.2, 0.25) is 0 Å². The van der Waals surface area contributed by atoms with E-state index >= 15 is 0 Å². The largest absolute Gasteiger partial charge is 0.320 e. The molecule has 20 heavy (non-hydrogen) atoms. The normalized spacial score (nSPS) is 16.8. The Bertz CT molecular complexity index is 622. The van der Waals surface area contributed by atoms with E-state index in [1.165, 1.54) is 30.9 Å². The van der Waals surface area contributed by atoms with Gasteiger partial charge in [-0.15, -0.1) is 0 Å². The van der Waals surface area contributed by atoms with Gasteiger partial charge in [0, 0.05) is 0 Å². The van der Waals surface area contributed by atoms with Crippen molar-refractivity contribution < 1.29 is 4.39 Å². The predicted octanol–water partition coefficient (Wildman–Crippen LogP) is 4.90. The first-order chi connectivity index (χ1) is 9.68. The van der Waals surface area contributed by atoms with E-state index in [4.69, 9.17) is 5.73 Å². The number of hydrogen-bond donors (Lipinski definition) is 1. The first-order valence-corrected chi connectivity index (χ1v) is 7.76. The second kappa shape index (κ2) is 5.66. The van der Waals surface area contributed by atoms with Crippen molar-refractivity contribution in [1.82, 2.24) is 0 Å². The maximum atomic E-state index is 13.7. The molecule has 1 aliphatic carbocycles. The van der Waals surface area contributed by atoms with Crippen molar-refractivity contribution in [2.45, 2.75) is 31.2 Å². The maximum Gasteiger partial charge on any atom is 0.137 e. The summed E-state index contributed by atoms with van der Waals surface area (Å²) in [7, 11) is 0. The van der Waals surface area contributed by atoms with Crippen molar-refractivity contribution in [3.8, 4) is 0 Å². The van der Waals surface area contributed by atoms with E-state index in [9.17, 15) is 4.39 Å². The number of halogens is 2. The van der Waals surface area contributed by atoms with Gasteiger partial charge in [0.15, 0.2) is 0 Å². The second-order valence-electron chi connectivity index (χ2n) is 5.38. The van der Waals surface area contributed by atoms with Crippen molar-refractivity contribution in [1.29, 1.82) is 0 Å². The molecule has 1 aliphatic rings. The smallest absolute Gasteiger partial charge is 0.137 e. The molecule has 2 aromatic rings. The Kier molecular flexibility index (Phi) is 3.90. The fourth-order valence-electron chi connectivity index (χ4n) is 2.81. The average Bonchev–Trinajstić information content (AvgIpc) is 2.40. The van der Waals surface area contributed by atoms with Gasteiger partial charge < -0.3 is 5.73 Å². The zero-order valence-electron chi connectivity index (χ0n) is 11.2. The van der Waals surface area contributed by atoms with Gasteiger partial charge in [0.05, 0.1) is 10.5 Å². The Hall–Kier alpha value is -1.19. The molecule has 0 bridgehead atoms. The highest BCUT2D eigenvalue weighted by Gasteiger charge is 2.25. The lowest BCUT2D eigenvalue weighted by Gasteiger charge is -2.30. The molecule has 1 nitrogen and oxygen atoms in total. The van der Waals surface area contributed by atoms with Crippen molar-refractivity contribution in [3.05, 3.63) is 69.4 Å². The lowest BCUT2D eigenvalue weighted by molar-refractivity contribution is 0.416. The highest BCUT2D eigenvalue weighted by molar-refractivity contribution is 9.10. The molecule has 0 radical (unpaired) electrons. The first-order valence-electron chi connectivity index (χ1n) is 6.97. The third-order valence-electron chi connectivity index (χ3n) is 4.19. The van der Waals surface area contributed by atoms with E-state index < -0.39 is 0 Å². The number of benzene rings is 2. The zero-order valence-corrected chi connectivity index (χ0v) is 12.7. The van der Waals surface area contributed by atoms with Gasteiger partial charge >= 0.3 is 0 Å². The van der Waals surface area contributed by atoms with Gasteiger partial charge in [-0.05, 0) is 57.4 Å². The van der Waals surface area contributed by atoms with Crippen LogP contribution in [0.5, 0.6) is 0 Å². The first kappa shape index (κ1) is 13.8. The Labute approximate surface area is 127 Å². The minimum Gasteiger partial charge on any atom is -0.320 e. The number of nitrogens with two attached hydrogens (primary N) is 1. The molecule has 1 fully saturated rings. The number of hydrogen-bond acceptors (Lipinski definition) is 1. The quantitative estimate of drug-likeness (QED) is 0.848. The van der Waals surface area contributed by atoms with Crippen LogP contribution < -0.4 is 5.73 Å². The van der Waals surface area contributed by atoms with E-state index in [-0.39, 0.29) is 11.9 Å². The van der Waals surface area contributed by atoms with Crippen LogP contribution in [-0.2, 0) is 0 Å². The summed E-state index contributed by atoms with van der Waals surface area (Å²) in [6, 6.07) is 13.0. The van der Waals surface area contributed by atoms with E-state index in [1.807, 2.05) is 12.1 Å². The topological polar surface area (TPSA) is 26.0 Å². The van der Waals surface area contributed by atoms with Gasteiger partial charge in [-0.25, -0.2) is 4.39 Å². The maximum absolute atomic E-state index is 13.7. The molecule has 0 heterocycles. The minimum absolute atomic E-state index is 0.265. The summed E-state index contributed by atoms with van der Waals surface area (Å²) in [5.74, 6) is 0.351. The summed E-state index contributed by atoms with van der Waals surface area (Å²) in [6.45, 7) is 0. The van der Waals surface area contributed by atoms with Crippen LogP contribution in [-0.4, -0.2) is 0 Å². The second-order valence-corrected chi connectivity index (χ2v) is 6.17. The molecule has 1 saturated carbocycles. The van der Waals surface area contributed by atoms with E-state index in [0.717, 1.165) is 11.1 Å². The highest BCUT2D eigenvalue weighted by atomic mass is 79.9. The molecule has 0 spiro atoms. The van der Waals surface area contributed by atoms with Crippen molar-refractivity contribution in [3.63, 3.8) is 0 Å². The lowest BCUT2D eigenvalue weighted by atomic mass is 9.76. The molecule has 0 aromatic heterocycles. The average molecular weight is 334 g/mol. The van der Waals surface area contributed by atoms with Crippen LogP contribution in [0, 0.1) is 5.82 Å². The van der Waals surface area contributed by atoms with Crippen molar-refractivity contribution >= 4 is 15.9 Å². The predicted molar refractivity (Wildman–Crippen MR) is 83.2 cm³/mol. The monoisotopic (exact) mass is 333 g/mol. The van der Waals surface area contributed by atoms with E-state index in [1.54, 1.807) is 6.07 Å². The number of rotatable bonds is 3. The van der Waals surface area contributed by atoms with Gasteiger partial charge in [-0.3, -0.25) is 0 Å². The molecule has 104 valence electrons. The molecule has 3 rings (SSSR count). The van der Waals surface area contributed by atoms with E-state index in [2.05, 4.69) is 34.1 Å². The zero-order chi connectivity index (χ0) is 14.1. The third-order valence-corrected chi connectivity index (χ3v) is 5.03. The summed E-state index contributed by atoms with van der Waals surface area (Å²) in [6.07, 6.45) is 3.75. The van der Waals surface area contributed by atoms with Gasteiger partial charge in [-0.2, -0.15) is 0 Å². The van der Waals surface area contributed by atoms with Crippen molar-refractivity contribution in [2.24, 2.45) is 5.73 Å². The van der Waals surface area contributed by atoms with Gasteiger partial charge in [0.25, 0.3) is 0 Å². The van der Waals surface area contributed by atoms with Gasteiger partial charge in [-0.1, -0.05) is 42.8 Å². The molecule has 0 aliphatic heterocycles. The third kappa shape index (κ3) is 2.40. The molecular weight excluding hydrogens is 317 g/mol. The fraction of sp³-hybridized carbons (Fsp3) is 0.294. The summed E-state index contributed by atoms with van der Waals surface area (Å²) in [5.41, 5.74) is 9.65. The molecule has 1 atom stereocenters. The van der Waals surface area contributed by atoms with Crippen LogP contribution in [0.25, 0.3) is 0 Å². The van der Waals surface area contributed by atoms with Crippen LogP contribution in [0.1, 0.15) is 47.9 Å². The standard InChI is InChI=1S/C17H17BrFN/c18-16-14(9-4-10-15(16)19)17(20)13-8-2-1-7-12(13)11-5-3-6-11/h1-2,4,7-11,17H,3,5-6,20H2. The van der Waals surface area contributed by atoms with Crippen molar-refractivity contribution in [2.75, 3.05) is 0 Å². The van der Waals surface area contributed by atoms with E-state index in [0.29, 0.717) is 10.4 Å². The van der Waals surface area contributed by atoms with Crippen LogP contribution in [0.2, 0.25) is 0 Å². The summed E-state index contributed by atoms with van der Waals surface area (Å²) in [5, 5.41) is 0.